The molecule has 0 spiro atoms. The van der Waals surface area contributed by atoms with Crippen molar-refractivity contribution < 1.29 is 9.53 Å². The Morgan fingerprint density at radius 1 is 1.44 bits per heavy atom. The van der Waals surface area contributed by atoms with Crippen molar-refractivity contribution in [2.75, 3.05) is 13.7 Å². The van der Waals surface area contributed by atoms with Crippen molar-refractivity contribution in [3.05, 3.63) is 47.0 Å². The van der Waals surface area contributed by atoms with E-state index in [1.165, 1.54) is 0 Å². The van der Waals surface area contributed by atoms with Gasteiger partial charge in [0.2, 0.25) is 0 Å². The van der Waals surface area contributed by atoms with Crippen molar-refractivity contribution in [2.45, 2.75) is 37.3 Å². The van der Waals surface area contributed by atoms with Crippen LogP contribution in [0.2, 0.25) is 0 Å². The van der Waals surface area contributed by atoms with Crippen LogP contribution in [0.25, 0.3) is 0 Å². The molecule has 2 fully saturated rings. The lowest BCUT2D eigenvalue weighted by Crippen LogP contribution is -2.32. The van der Waals surface area contributed by atoms with E-state index in [9.17, 15) is 4.79 Å². The quantitative estimate of drug-likeness (QED) is 0.922. The predicted molar refractivity (Wildman–Crippen MR) is 88.7 cm³/mol. The van der Waals surface area contributed by atoms with E-state index in [1.807, 2.05) is 0 Å². The van der Waals surface area contributed by atoms with Gasteiger partial charge in [0.25, 0.3) is 5.91 Å². The Balaban J connectivity index is 1.62. The van der Waals surface area contributed by atoms with Gasteiger partial charge in [0.1, 0.15) is 5.82 Å². The highest BCUT2D eigenvalue weighted by Crippen LogP contribution is 2.39. The zero-order chi connectivity index (χ0) is 17.4. The molecule has 2 atom stereocenters. The molecule has 1 aromatic heterocycles. The van der Waals surface area contributed by atoms with E-state index in [2.05, 4.69) is 21.3 Å². The number of aromatic amines is 1. The number of amides is 1. The van der Waals surface area contributed by atoms with Crippen LogP contribution in [0.4, 0.5) is 0 Å². The van der Waals surface area contributed by atoms with Crippen LogP contribution < -0.4 is 0 Å². The molecule has 1 amide bonds. The molecule has 4 rings (SSSR count). The highest BCUT2D eigenvalue weighted by atomic mass is 16.5. The van der Waals surface area contributed by atoms with Crippen molar-refractivity contribution >= 4 is 5.91 Å². The summed E-state index contributed by atoms with van der Waals surface area (Å²) < 4.78 is 5.48. The van der Waals surface area contributed by atoms with Crippen molar-refractivity contribution in [3.8, 4) is 6.07 Å². The molecule has 1 saturated heterocycles. The number of H-pyrrole nitrogens is 1. The molecule has 0 radical (unpaired) electrons. The van der Waals surface area contributed by atoms with E-state index in [1.54, 1.807) is 36.3 Å². The maximum Gasteiger partial charge on any atom is 0.254 e. The molecule has 2 aliphatic rings. The average Bonchev–Trinajstić information content (AvgIpc) is 3.22. The first-order valence-electron chi connectivity index (χ1n) is 8.45. The van der Waals surface area contributed by atoms with Gasteiger partial charge in [-0.15, -0.1) is 0 Å². The summed E-state index contributed by atoms with van der Waals surface area (Å²) in [5.74, 6) is 1.90. The minimum absolute atomic E-state index is 0.0393. The van der Waals surface area contributed by atoms with Crippen molar-refractivity contribution in [3.63, 3.8) is 0 Å². The Morgan fingerprint density at radius 3 is 3.00 bits per heavy atom. The number of ether oxygens (including phenoxy) is 1. The van der Waals surface area contributed by atoms with Gasteiger partial charge in [0.05, 0.1) is 23.8 Å². The minimum atomic E-state index is -0.191. The fraction of sp³-hybridized carbons (Fsp3) is 0.444. The number of hydrogen-bond donors (Lipinski definition) is 1. The number of likely N-dealkylation sites (tertiary alicyclic amines) is 1. The van der Waals surface area contributed by atoms with Crippen LogP contribution in [0.15, 0.2) is 24.3 Å². The molecule has 1 aliphatic carbocycles. The highest BCUT2D eigenvalue weighted by molar-refractivity contribution is 5.95. The summed E-state index contributed by atoms with van der Waals surface area (Å²) in [5.41, 5.74) is 0.975. The molecule has 0 bridgehead atoms. The van der Waals surface area contributed by atoms with E-state index >= 15 is 0 Å². The fourth-order valence-corrected chi connectivity index (χ4v) is 3.30. The zero-order valence-corrected chi connectivity index (χ0v) is 14.0. The van der Waals surface area contributed by atoms with Crippen LogP contribution in [0.5, 0.6) is 0 Å². The average molecular weight is 337 g/mol. The van der Waals surface area contributed by atoms with Gasteiger partial charge in [-0.25, -0.2) is 4.98 Å². The molecule has 1 aliphatic heterocycles. The van der Waals surface area contributed by atoms with Gasteiger partial charge < -0.3 is 9.64 Å². The first-order chi connectivity index (χ1) is 12.2. The molecule has 1 aromatic carbocycles. The normalized spacial score (nSPS) is 22.8. The summed E-state index contributed by atoms with van der Waals surface area (Å²) in [7, 11) is 1.65. The van der Waals surface area contributed by atoms with Gasteiger partial charge in [-0.3, -0.25) is 9.89 Å². The van der Waals surface area contributed by atoms with Crippen LogP contribution >= 0.6 is 0 Å². The number of rotatable bonds is 4. The van der Waals surface area contributed by atoms with Crippen molar-refractivity contribution in [1.82, 2.24) is 20.1 Å². The largest absolute Gasteiger partial charge is 0.380 e. The molecular formula is C18H19N5O2. The number of nitrogens with zero attached hydrogens (tertiary/aromatic N) is 4. The number of methoxy groups -OCH3 is 1. The predicted octanol–water partition coefficient (Wildman–Crippen LogP) is 2.16. The van der Waals surface area contributed by atoms with Gasteiger partial charge in [-0.1, -0.05) is 6.07 Å². The number of carbonyl (C=O) groups excluding carboxylic acids is 1. The molecule has 2 aromatic rings. The third-order valence-electron chi connectivity index (χ3n) is 4.87. The fourth-order valence-electron chi connectivity index (χ4n) is 3.30. The van der Waals surface area contributed by atoms with Crippen LogP contribution in [-0.4, -0.2) is 45.7 Å². The summed E-state index contributed by atoms with van der Waals surface area (Å²) in [5, 5.41) is 16.4. The molecule has 1 saturated carbocycles. The number of hydrogen-bond acceptors (Lipinski definition) is 5. The summed E-state index contributed by atoms with van der Waals surface area (Å²) in [6.07, 6.45) is 2.90. The van der Waals surface area contributed by atoms with Crippen molar-refractivity contribution in [1.29, 1.82) is 5.26 Å². The Morgan fingerprint density at radius 2 is 2.28 bits per heavy atom. The summed E-state index contributed by atoms with van der Waals surface area (Å²) >= 11 is 0. The Bertz CT molecular complexity index is 836. The molecule has 0 unspecified atom stereocenters. The van der Waals surface area contributed by atoms with Crippen LogP contribution in [0.3, 0.4) is 0 Å². The molecule has 2 heterocycles. The topological polar surface area (TPSA) is 94.9 Å². The summed E-state index contributed by atoms with van der Waals surface area (Å²) in [4.78, 5) is 19.4. The molecule has 128 valence electrons. The minimum Gasteiger partial charge on any atom is -0.380 e. The first kappa shape index (κ1) is 15.8. The van der Waals surface area contributed by atoms with E-state index in [4.69, 9.17) is 10.00 Å². The molecule has 7 nitrogen and oxygen atoms in total. The van der Waals surface area contributed by atoms with Crippen LogP contribution in [0.1, 0.15) is 58.8 Å². The van der Waals surface area contributed by atoms with Gasteiger partial charge in [-0.05, 0) is 31.0 Å². The van der Waals surface area contributed by atoms with E-state index in [-0.39, 0.29) is 18.1 Å². The van der Waals surface area contributed by atoms with Crippen LogP contribution in [-0.2, 0) is 4.74 Å². The smallest absolute Gasteiger partial charge is 0.254 e. The maximum absolute atomic E-state index is 13.0. The lowest BCUT2D eigenvalue weighted by Gasteiger charge is -2.22. The molecule has 1 N–H and O–H groups in total. The second-order valence-corrected chi connectivity index (χ2v) is 6.61. The SMILES string of the molecule is CO[C@@H]1C[C@@H](c2nc(C3CC3)n[nH]2)N(C(=O)c2cccc(C#N)c2)C1. The number of benzene rings is 1. The molecule has 25 heavy (non-hydrogen) atoms. The maximum atomic E-state index is 13.0. The van der Waals surface area contributed by atoms with Gasteiger partial charge in [-0.2, -0.15) is 10.4 Å². The van der Waals surface area contributed by atoms with E-state index in [0.717, 1.165) is 18.7 Å². The second kappa shape index (κ2) is 6.30. The van der Waals surface area contributed by atoms with Gasteiger partial charge in [0.15, 0.2) is 5.82 Å². The number of carbonyl (C=O) groups is 1. The lowest BCUT2D eigenvalue weighted by atomic mass is 10.1. The Labute approximate surface area is 145 Å². The van der Waals surface area contributed by atoms with Crippen LogP contribution in [0, 0.1) is 11.3 Å². The van der Waals surface area contributed by atoms with E-state index in [0.29, 0.717) is 35.8 Å². The standard InChI is InChI=1S/C18H19N5O2/c1-25-14-8-15(17-20-16(21-22-17)12-5-6-12)23(10-14)18(24)13-4-2-3-11(7-13)9-19/h2-4,7,12,14-15H,5-6,8,10H2,1H3,(H,20,21,22)/t14-,15+/m1/s1. The second-order valence-electron chi connectivity index (χ2n) is 6.61. The number of nitrogens with one attached hydrogen (secondary N) is 1. The number of aromatic nitrogens is 3. The lowest BCUT2D eigenvalue weighted by molar-refractivity contribution is 0.0684. The monoisotopic (exact) mass is 337 g/mol. The number of nitriles is 1. The zero-order valence-electron chi connectivity index (χ0n) is 14.0. The first-order valence-corrected chi connectivity index (χ1v) is 8.45. The third kappa shape index (κ3) is 3.01. The Hall–Kier alpha value is -2.72. The molecule has 7 heteroatoms. The van der Waals surface area contributed by atoms with Gasteiger partial charge >= 0.3 is 0 Å². The van der Waals surface area contributed by atoms with E-state index < -0.39 is 0 Å². The third-order valence-corrected chi connectivity index (χ3v) is 4.87. The van der Waals surface area contributed by atoms with Crippen molar-refractivity contribution in [2.24, 2.45) is 0 Å². The molecular weight excluding hydrogens is 318 g/mol. The van der Waals surface area contributed by atoms with Gasteiger partial charge in [0, 0.05) is 31.6 Å². The Kier molecular flexibility index (Phi) is 3.98. The highest BCUT2D eigenvalue weighted by Gasteiger charge is 2.39. The summed E-state index contributed by atoms with van der Waals surface area (Å²) in [6, 6.07) is 8.65. The summed E-state index contributed by atoms with van der Waals surface area (Å²) in [6.45, 7) is 0.496.